The predicted octanol–water partition coefficient (Wildman–Crippen LogP) is 8.43. The third kappa shape index (κ3) is 3.90. The molecule has 0 fully saturated rings. The minimum absolute atomic E-state index is 0.104. The maximum atomic E-state index is 12.7. The molecule has 2 aliphatic carbocycles. The second-order valence-electron chi connectivity index (χ2n) is 11.4. The molecule has 0 unspecified atom stereocenters. The van der Waals surface area contributed by atoms with E-state index in [1.54, 1.807) is 12.4 Å². The highest BCUT2D eigenvalue weighted by Gasteiger charge is 2.27. The number of carbonyl (C=O) groups excluding carboxylic acids is 2. The summed E-state index contributed by atoms with van der Waals surface area (Å²) in [6, 6.07) is 35.8. The first kappa shape index (κ1) is 26.0. The lowest BCUT2D eigenvalue weighted by Gasteiger charge is -2.06. The zero-order chi connectivity index (χ0) is 30.8. The fourth-order valence-electron chi connectivity index (χ4n) is 6.74. The van der Waals surface area contributed by atoms with Crippen LogP contribution >= 0.6 is 0 Å². The quantitative estimate of drug-likeness (QED) is 0.202. The molecule has 6 heteroatoms. The molecule has 0 amide bonds. The highest BCUT2D eigenvalue weighted by molar-refractivity contribution is 6.23. The van der Waals surface area contributed by atoms with Gasteiger partial charge in [0.15, 0.2) is 11.6 Å². The van der Waals surface area contributed by atoms with E-state index in [0.717, 1.165) is 78.1 Å². The van der Waals surface area contributed by atoms with Crippen molar-refractivity contribution in [2.24, 2.45) is 0 Å². The molecule has 0 N–H and O–H groups in total. The Morgan fingerprint density at radius 3 is 1.22 bits per heavy atom. The van der Waals surface area contributed by atoms with Crippen LogP contribution in [0.15, 0.2) is 146 Å². The molecule has 4 heterocycles. The molecule has 46 heavy (non-hydrogen) atoms. The van der Waals surface area contributed by atoms with Gasteiger partial charge in [0, 0.05) is 70.6 Å². The van der Waals surface area contributed by atoms with Crippen molar-refractivity contribution in [3.05, 3.63) is 169 Å². The van der Waals surface area contributed by atoms with Gasteiger partial charge in [0.2, 0.25) is 0 Å². The van der Waals surface area contributed by atoms with Crippen LogP contribution in [0.2, 0.25) is 0 Å². The average Bonchev–Trinajstić information content (AvgIpc) is 3.90. The zero-order valence-corrected chi connectivity index (χ0v) is 24.5. The van der Waals surface area contributed by atoms with E-state index in [9.17, 15) is 9.59 Å². The molecule has 2 aliphatic rings. The Balaban J connectivity index is 0.000000127. The lowest BCUT2D eigenvalue weighted by atomic mass is 9.99. The Labute approximate surface area is 263 Å². The fraction of sp³-hybridized carbons (Fsp3) is 0. The molecule has 4 aromatic heterocycles. The Bertz CT molecular complexity index is 2360. The van der Waals surface area contributed by atoms with Crippen LogP contribution in [0.5, 0.6) is 0 Å². The number of rotatable bonds is 2. The molecule has 0 saturated heterocycles. The topological polar surface area (TPSA) is 68.7 Å². The van der Waals surface area contributed by atoms with E-state index in [-0.39, 0.29) is 11.6 Å². The van der Waals surface area contributed by atoms with Crippen molar-refractivity contribution in [2.75, 3.05) is 0 Å². The lowest BCUT2D eigenvalue weighted by Crippen LogP contribution is -1.95. The van der Waals surface area contributed by atoms with Crippen molar-refractivity contribution in [3.8, 4) is 44.5 Å². The number of imidazole rings is 2. The van der Waals surface area contributed by atoms with Crippen molar-refractivity contribution < 1.29 is 9.59 Å². The first-order valence-corrected chi connectivity index (χ1v) is 15.1. The molecule has 6 nitrogen and oxygen atoms in total. The molecule has 0 bridgehead atoms. The van der Waals surface area contributed by atoms with Crippen molar-refractivity contribution in [3.63, 3.8) is 0 Å². The van der Waals surface area contributed by atoms with E-state index >= 15 is 0 Å². The highest BCUT2D eigenvalue weighted by Crippen LogP contribution is 2.40. The Morgan fingerprint density at radius 1 is 0.370 bits per heavy atom. The average molecular weight is 593 g/mol. The summed E-state index contributed by atoms with van der Waals surface area (Å²) >= 11 is 0. The molecule has 0 radical (unpaired) electrons. The first-order chi connectivity index (χ1) is 22.7. The van der Waals surface area contributed by atoms with E-state index in [4.69, 9.17) is 0 Å². The molecule has 10 rings (SSSR count). The first-order valence-electron chi connectivity index (χ1n) is 15.1. The number of fused-ring (bicyclic) bond motifs is 8. The zero-order valence-electron chi connectivity index (χ0n) is 24.5. The van der Waals surface area contributed by atoms with E-state index < -0.39 is 0 Å². The number of nitrogens with zero attached hydrogens (tertiary/aromatic N) is 4. The van der Waals surface area contributed by atoms with Gasteiger partial charge in [-0.3, -0.25) is 9.59 Å². The number of aromatic nitrogens is 4. The van der Waals surface area contributed by atoms with Gasteiger partial charge in [-0.05, 0) is 69.8 Å². The van der Waals surface area contributed by atoms with Gasteiger partial charge in [-0.2, -0.15) is 0 Å². The van der Waals surface area contributed by atoms with Crippen LogP contribution < -0.4 is 0 Å². The van der Waals surface area contributed by atoms with Crippen molar-refractivity contribution in [1.29, 1.82) is 0 Å². The molecule has 216 valence electrons. The predicted molar refractivity (Wildman–Crippen MR) is 179 cm³/mol. The minimum Gasteiger partial charge on any atom is -0.307 e. The highest BCUT2D eigenvalue weighted by atomic mass is 16.1. The third-order valence-electron chi connectivity index (χ3n) is 8.91. The molecule has 8 aromatic rings. The molecule has 0 saturated carbocycles. The number of benzene rings is 4. The van der Waals surface area contributed by atoms with Gasteiger partial charge >= 0.3 is 0 Å². The maximum absolute atomic E-state index is 12.7. The summed E-state index contributed by atoms with van der Waals surface area (Å²) in [5.41, 5.74) is 13.1. The summed E-state index contributed by atoms with van der Waals surface area (Å²) in [5, 5.41) is 0. The van der Waals surface area contributed by atoms with Gasteiger partial charge in [0.1, 0.15) is 11.3 Å². The standard InChI is InChI=1S/2C20H12N2O/c2*23-19-17-5-2-1-4-15(17)16-8-7-13(12-18(16)19)14-6-3-10-22-11-9-21-20(14)22/h2*1-12H. The van der Waals surface area contributed by atoms with Crippen LogP contribution in [0.1, 0.15) is 31.8 Å². The second-order valence-corrected chi connectivity index (χ2v) is 11.4. The number of hydrogen-bond donors (Lipinski definition) is 0. The summed E-state index contributed by atoms with van der Waals surface area (Å²) in [6.07, 6.45) is 11.4. The van der Waals surface area contributed by atoms with Crippen LogP contribution in [-0.2, 0) is 0 Å². The molecule has 0 spiro atoms. The van der Waals surface area contributed by atoms with Crippen molar-refractivity contribution in [2.45, 2.75) is 0 Å². The van der Waals surface area contributed by atoms with E-state index in [1.165, 1.54) is 0 Å². The van der Waals surface area contributed by atoms with E-state index in [1.807, 2.05) is 131 Å². The van der Waals surface area contributed by atoms with Crippen LogP contribution in [-0.4, -0.2) is 30.3 Å². The Hall–Kier alpha value is -6.40. The van der Waals surface area contributed by atoms with Crippen LogP contribution in [0.25, 0.3) is 55.8 Å². The largest absolute Gasteiger partial charge is 0.307 e. The lowest BCUT2D eigenvalue weighted by molar-refractivity contribution is 0.103. The molecule has 0 atom stereocenters. The molecule has 4 aromatic carbocycles. The van der Waals surface area contributed by atoms with Crippen LogP contribution in [0, 0.1) is 0 Å². The molecular formula is C40H24N4O2. The summed E-state index contributed by atoms with van der Waals surface area (Å²) in [5.74, 6) is 0.209. The van der Waals surface area contributed by atoms with Crippen LogP contribution in [0.4, 0.5) is 0 Å². The summed E-state index contributed by atoms with van der Waals surface area (Å²) in [6.45, 7) is 0. The van der Waals surface area contributed by atoms with E-state index in [0.29, 0.717) is 0 Å². The van der Waals surface area contributed by atoms with Gasteiger partial charge in [-0.1, -0.05) is 72.8 Å². The van der Waals surface area contributed by atoms with Gasteiger partial charge in [-0.25, -0.2) is 9.97 Å². The van der Waals surface area contributed by atoms with Gasteiger partial charge in [0.05, 0.1) is 0 Å². The van der Waals surface area contributed by atoms with Crippen LogP contribution in [0.3, 0.4) is 0 Å². The summed E-state index contributed by atoms with van der Waals surface area (Å²) in [7, 11) is 0. The SMILES string of the molecule is O=C1c2ccccc2-c2ccc(-c3cccn4ccnc34)cc21.O=C1c2ccccc2-c2ccc(-c3cccn4ccnc34)cc21. The monoisotopic (exact) mass is 592 g/mol. The number of hydrogen-bond acceptors (Lipinski definition) is 4. The Kier molecular flexibility index (Phi) is 5.70. The smallest absolute Gasteiger partial charge is 0.194 e. The second kappa shape index (κ2) is 10.1. The minimum atomic E-state index is 0.104. The number of ketones is 2. The third-order valence-corrected chi connectivity index (χ3v) is 8.91. The Morgan fingerprint density at radius 2 is 0.761 bits per heavy atom. The van der Waals surface area contributed by atoms with Gasteiger partial charge < -0.3 is 8.80 Å². The number of carbonyl (C=O) groups is 2. The normalized spacial score (nSPS) is 12.4. The van der Waals surface area contributed by atoms with Gasteiger partial charge in [0.25, 0.3) is 0 Å². The number of pyridine rings is 2. The summed E-state index contributed by atoms with van der Waals surface area (Å²) < 4.78 is 3.97. The molecular weight excluding hydrogens is 568 g/mol. The van der Waals surface area contributed by atoms with E-state index in [2.05, 4.69) is 22.1 Å². The summed E-state index contributed by atoms with van der Waals surface area (Å²) in [4.78, 5) is 34.2. The molecule has 0 aliphatic heterocycles. The van der Waals surface area contributed by atoms with Crippen molar-refractivity contribution >= 4 is 22.9 Å². The van der Waals surface area contributed by atoms with Gasteiger partial charge in [-0.15, -0.1) is 0 Å². The fourth-order valence-corrected chi connectivity index (χ4v) is 6.74. The maximum Gasteiger partial charge on any atom is 0.194 e. The van der Waals surface area contributed by atoms with Crippen molar-refractivity contribution in [1.82, 2.24) is 18.8 Å².